The molecule has 20 heavy (non-hydrogen) atoms. The van der Waals surface area contributed by atoms with E-state index in [9.17, 15) is 13.2 Å². The van der Waals surface area contributed by atoms with Crippen molar-refractivity contribution in [2.24, 2.45) is 5.92 Å². The number of sulfonamides is 1. The molecule has 0 aliphatic heterocycles. The summed E-state index contributed by atoms with van der Waals surface area (Å²) >= 11 is 5.87. The van der Waals surface area contributed by atoms with Crippen molar-refractivity contribution in [2.75, 3.05) is 0 Å². The van der Waals surface area contributed by atoms with Crippen LogP contribution < -0.4 is 4.72 Å². The molecule has 0 saturated heterocycles. The third-order valence-electron chi connectivity index (χ3n) is 3.31. The molecular formula is C13H18ClNO4S. The number of halogens is 1. The van der Waals surface area contributed by atoms with Crippen LogP contribution in [-0.4, -0.2) is 25.5 Å². The molecule has 0 saturated carbocycles. The molecule has 2 atom stereocenters. The SMILES string of the molecule is CCC(C)C(C)NS(=O)(=O)c1cc(C(=O)O)ccc1Cl. The number of carboxylic acids is 1. The quantitative estimate of drug-likeness (QED) is 0.844. The van der Waals surface area contributed by atoms with E-state index in [-0.39, 0.29) is 27.4 Å². The van der Waals surface area contributed by atoms with Gasteiger partial charge in [0.1, 0.15) is 4.90 Å². The van der Waals surface area contributed by atoms with E-state index in [0.717, 1.165) is 12.5 Å². The average Bonchev–Trinajstić information content (AvgIpc) is 2.37. The largest absolute Gasteiger partial charge is 0.478 e. The van der Waals surface area contributed by atoms with Gasteiger partial charge >= 0.3 is 5.97 Å². The molecule has 0 aliphatic rings. The molecule has 0 aliphatic carbocycles. The van der Waals surface area contributed by atoms with Crippen molar-refractivity contribution in [1.29, 1.82) is 0 Å². The predicted octanol–water partition coefficient (Wildman–Crippen LogP) is 2.75. The fraction of sp³-hybridized carbons (Fsp3) is 0.462. The number of hydrogen-bond donors (Lipinski definition) is 2. The van der Waals surface area contributed by atoms with Crippen molar-refractivity contribution in [3.8, 4) is 0 Å². The number of carbonyl (C=O) groups is 1. The zero-order chi connectivity index (χ0) is 15.5. The summed E-state index contributed by atoms with van der Waals surface area (Å²) in [6.45, 7) is 5.66. The van der Waals surface area contributed by atoms with Crippen molar-refractivity contribution in [2.45, 2.75) is 38.1 Å². The molecule has 0 amide bonds. The van der Waals surface area contributed by atoms with Gasteiger partial charge in [-0.1, -0.05) is 31.9 Å². The van der Waals surface area contributed by atoms with Gasteiger partial charge in [0.2, 0.25) is 10.0 Å². The average molecular weight is 320 g/mol. The Balaban J connectivity index is 3.15. The van der Waals surface area contributed by atoms with E-state index < -0.39 is 16.0 Å². The first-order valence-corrected chi connectivity index (χ1v) is 8.10. The molecule has 2 unspecified atom stereocenters. The topological polar surface area (TPSA) is 83.5 Å². The highest BCUT2D eigenvalue weighted by atomic mass is 35.5. The maximum atomic E-state index is 12.3. The van der Waals surface area contributed by atoms with Gasteiger partial charge in [-0.15, -0.1) is 0 Å². The molecule has 1 rings (SSSR count). The molecule has 1 aromatic rings. The second-order valence-corrected chi connectivity index (χ2v) is 6.84. The van der Waals surface area contributed by atoms with Crippen LogP contribution in [0.25, 0.3) is 0 Å². The van der Waals surface area contributed by atoms with Crippen LogP contribution in [0, 0.1) is 5.92 Å². The Morgan fingerprint density at radius 2 is 2.00 bits per heavy atom. The van der Waals surface area contributed by atoms with Crippen molar-refractivity contribution in [1.82, 2.24) is 4.72 Å². The second-order valence-electron chi connectivity index (χ2n) is 4.75. The summed E-state index contributed by atoms with van der Waals surface area (Å²) in [5.74, 6) is -1.04. The van der Waals surface area contributed by atoms with E-state index >= 15 is 0 Å². The van der Waals surface area contributed by atoms with E-state index in [2.05, 4.69) is 4.72 Å². The standard InChI is InChI=1S/C13H18ClNO4S/c1-4-8(2)9(3)15-20(18,19)12-7-10(13(16)17)5-6-11(12)14/h5-9,15H,4H2,1-3H3,(H,16,17). The van der Waals surface area contributed by atoms with Crippen LogP contribution in [0.5, 0.6) is 0 Å². The van der Waals surface area contributed by atoms with Crippen molar-refractivity contribution in [3.63, 3.8) is 0 Å². The Hall–Kier alpha value is -1.11. The summed E-state index contributed by atoms with van der Waals surface area (Å²) < 4.78 is 27.1. The van der Waals surface area contributed by atoms with Crippen LogP contribution in [0.15, 0.2) is 23.1 Å². The number of nitrogens with one attached hydrogen (secondary N) is 1. The maximum Gasteiger partial charge on any atom is 0.335 e. The lowest BCUT2D eigenvalue weighted by atomic mass is 10.0. The van der Waals surface area contributed by atoms with Crippen LogP contribution >= 0.6 is 11.6 Å². The lowest BCUT2D eigenvalue weighted by Crippen LogP contribution is -2.37. The molecule has 0 aromatic heterocycles. The Morgan fingerprint density at radius 1 is 1.40 bits per heavy atom. The highest BCUT2D eigenvalue weighted by Crippen LogP contribution is 2.23. The van der Waals surface area contributed by atoms with E-state index in [1.165, 1.54) is 12.1 Å². The van der Waals surface area contributed by atoms with Crippen LogP contribution in [0.3, 0.4) is 0 Å². The lowest BCUT2D eigenvalue weighted by molar-refractivity contribution is 0.0696. The first-order valence-electron chi connectivity index (χ1n) is 6.24. The highest BCUT2D eigenvalue weighted by molar-refractivity contribution is 7.89. The third-order valence-corrected chi connectivity index (χ3v) is 5.35. The van der Waals surface area contributed by atoms with Crippen LogP contribution in [0.2, 0.25) is 5.02 Å². The number of carboxylic acid groups (broad SMARTS) is 1. The number of rotatable bonds is 6. The summed E-state index contributed by atoms with van der Waals surface area (Å²) in [5, 5.41) is 8.91. The van der Waals surface area contributed by atoms with Gasteiger partial charge < -0.3 is 5.11 Å². The molecular weight excluding hydrogens is 302 g/mol. The molecule has 0 radical (unpaired) electrons. The van der Waals surface area contributed by atoms with Gasteiger partial charge in [-0.3, -0.25) is 0 Å². The summed E-state index contributed by atoms with van der Waals surface area (Å²) in [4.78, 5) is 10.7. The summed E-state index contributed by atoms with van der Waals surface area (Å²) in [6, 6.07) is 3.33. The van der Waals surface area contributed by atoms with Crippen LogP contribution in [0.4, 0.5) is 0 Å². The Labute approximate surface area is 124 Å². The summed E-state index contributed by atoms with van der Waals surface area (Å²) in [5.41, 5.74) is -0.119. The second kappa shape index (κ2) is 6.56. The fourth-order valence-electron chi connectivity index (χ4n) is 1.62. The molecule has 0 fully saturated rings. The molecule has 1 aromatic carbocycles. The van der Waals surface area contributed by atoms with Gasteiger partial charge in [-0.25, -0.2) is 17.9 Å². The van der Waals surface area contributed by atoms with Gasteiger partial charge in [0.25, 0.3) is 0 Å². The molecule has 5 nitrogen and oxygen atoms in total. The van der Waals surface area contributed by atoms with Gasteiger partial charge in [0.05, 0.1) is 10.6 Å². The maximum absolute atomic E-state index is 12.3. The van der Waals surface area contributed by atoms with E-state index in [4.69, 9.17) is 16.7 Å². The Kier molecular flexibility index (Phi) is 5.56. The van der Waals surface area contributed by atoms with Crippen LogP contribution in [-0.2, 0) is 10.0 Å². The molecule has 0 bridgehead atoms. The Morgan fingerprint density at radius 3 is 2.50 bits per heavy atom. The summed E-state index contributed by atoms with van der Waals surface area (Å²) in [7, 11) is -3.85. The minimum atomic E-state index is -3.85. The molecule has 0 heterocycles. The monoisotopic (exact) mass is 319 g/mol. The Bertz CT molecular complexity index is 600. The normalized spacial score (nSPS) is 14.8. The van der Waals surface area contributed by atoms with Crippen molar-refractivity contribution < 1.29 is 18.3 Å². The molecule has 0 spiro atoms. The predicted molar refractivity (Wildman–Crippen MR) is 77.6 cm³/mol. The zero-order valence-corrected chi connectivity index (χ0v) is 13.1. The first kappa shape index (κ1) is 16.9. The van der Waals surface area contributed by atoms with Crippen LogP contribution in [0.1, 0.15) is 37.6 Å². The molecule has 112 valence electrons. The minimum absolute atomic E-state index is 0.00106. The third kappa shape index (κ3) is 3.94. The fourth-order valence-corrected chi connectivity index (χ4v) is 3.50. The number of aromatic carboxylic acids is 1. The van der Waals surface area contributed by atoms with Gasteiger partial charge in [-0.05, 0) is 31.0 Å². The summed E-state index contributed by atoms with van der Waals surface area (Å²) in [6.07, 6.45) is 0.826. The molecule has 2 N–H and O–H groups in total. The van der Waals surface area contributed by atoms with Gasteiger partial charge in [0, 0.05) is 6.04 Å². The zero-order valence-electron chi connectivity index (χ0n) is 11.6. The van der Waals surface area contributed by atoms with E-state index in [1.54, 1.807) is 6.92 Å². The number of benzene rings is 1. The number of hydrogen-bond acceptors (Lipinski definition) is 3. The van der Waals surface area contributed by atoms with Gasteiger partial charge in [0.15, 0.2) is 0 Å². The molecule has 7 heteroatoms. The smallest absolute Gasteiger partial charge is 0.335 e. The van der Waals surface area contributed by atoms with Crippen molar-refractivity contribution in [3.05, 3.63) is 28.8 Å². The lowest BCUT2D eigenvalue weighted by Gasteiger charge is -2.20. The van der Waals surface area contributed by atoms with Gasteiger partial charge in [-0.2, -0.15) is 0 Å². The van der Waals surface area contributed by atoms with Crippen molar-refractivity contribution >= 4 is 27.6 Å². The van der Waals surface area contributed by atoms with E-state index in [1.807, 2.05) is 13.8 Å². The first-order chi connectivity index (χ1) is 9.19. The minimum Gasteiger partial charge on any atom is -0.478 e. The highest BCUT2D eigenvalue weighted by Gasteiger charge is 2.23. The van der Waals surface area contributed by atoms with E-state index in [0.29, 0.717) is 0 Å².